The van der Waals surface area contributed by atoms with Crippen molar-refractivity contribution in [3.8, 4) is 5.75 Å². The number of carbonyl (C=O) groups is 2. The van der Waals surface area contributed by atoms with Crippen molar-refractivity contribution in [1.29, 1.82) is 0 Å². The molecule has 3 rings (SSSR count). The molecule has 10 heteroatoms. The van der Waals surface area contributed by atoms with Crippen molar-refractivity contribution in [1.82, 2.24) is 20.6 Å². The number of ether oxygens (including phenoxy) is 1. The number of benzene rings is 1. The van der Waals surface area contributed by atoms with Gasteiger partial charge in [-0.05, 0) is 43.4 Å². The minimum Gasteiger partial charge on any atom is -0.495 e. The van der Waals surface area contributed by atoms with Crippen LogP contribution in [0.15, 0.2) is 24.4 Å². The highest BCUT2D eigenvalue weighted by molar-refractivity contribution is 6.35. The van der Waals surface area contributed by atoms with Crippen molar-refractivity contribution in [2.24, 2.45) is 0 Å². The van der Waals surface area contributed by atoms with Gasteiger partial charge < -0.3 is 26.0 Å². The Bertz CT molecular complexity index is 971. The van der Waals surface area contributed by atoms with Crippen LogP contribution in [0.2, 0.25) is 0 Å². The first-order chi connectivity index (χ1) is 15.4. The molecule has 1 saturated carbocycles. The molecule has 1 aromatic heterocycles. The van der Waals surface area contributed by atoms with Crippen LogP contribution in [0.1, 0.15) is 49.9 Å². The highest BCUT2D eigenvalue weighted by Gasteiger charge is 2.26. The highest BCUT2D eigenvalue weighted by atomic mass is 16.5. The van der Waals surface area contributed by atoms with E-state index < -0.39 is 0 Å². The van der Waals surface area contributed by atoms with Crippen LogP contribution in [0.4, 0.5) is 17.5 Å². The van der Waals surface area contributed by atoms with Crippen molar-refractivity contribution in [3.05, 3.63) is 30.0 Å². The third-order valence-electron chi connectivity index (χ3n) is 5.50. The Morgan fingerprint density at radius 2 is 1.97 bits per heavy atom. The second-order valence-corrected chi connectivity index (χ2v) is 7.97. The van der Waals surface area contributed by atoms with Crippen molar-refractivity contribution in [3.63, 3.8) is 0 Å². The maximum absolute atomic E-state index is 12.1. The van der Waals surface area contributed by atoms with E-state index in [4.69, 9.17) is 4.74 Å². The average Bonchev–Trinajstić information content (AvgIpc) is 2.77. The summed E-state index contributed by atoms with van der Waals surface area (Å²) in [4.78, 5) is 32.7. The number of aromatic nitrogens is 2. The minimum atomic E-state index is -0.156. The van der Waals surface area contributed by atoms with Crippen LogP contribution in [0.5, 0.6) is 5.75 Å². The van der Waals surface area contributed by atoms with Crippen LogP contribution in [0, 0.1) is 0 Å². The molecule has 2 atom stereocenters. The van der Waals surface area contributed by atoms with Gasteiger partial charge in [0, 0.05) is 37.3 Å². The van der Waals surface area contributed by atoms with Crippen LogP contribution >= 0.6 is 0 Å². The summed E-state index contributed by atoms with van der Waals surface area (Å²) >= 11 is 0. The summed E-state index contributed by atoms with van der Waals surface area (Å²) in [5, 5.41) is 12.5. The number of hydrogen-bond donors (Lipinski definition) is 4. The van der Waals surface area contributed by atoms with Gasteiger partial charge in [0.15, 0.2) is 0 Å². The zero-order valence-electron chi connectivity index (χ0n) is 19.1. The van der Waals surface area contributed by atoms with E-state index in [2.05, 4.69) is 31.2 Å². The standard InChI is InChI=1S/C22H31BN6O3/c1-4-24-21(31)14-9-10-18(19(11-14)32-3)28-22-25-12-15(23)20(29-22)27-17-8-6-5-7-16(17)26-13(2)30/h9-12,16-17H,4-8,23H2,1-3H3,(H,24,31)(H,26,30)(H2,25,27,28,29)/t16-,17-/m1/s1. The zero-order valence-corrected chi connectivity index (χ0v) is 19.1. The Kier molecular flexibility index (Phi) is 7.91. The third-order valence-corrected chi connectivity index (χ3v) is 5.50. The second-order valence-electron chi connectivity index (χ2n) is 7.97. The molecule has 170 valence electrons. The van der Waals surface area contributed by atoms with E-state index >= 15 is 0 Å². The summed E-state index contributed by atoms with van der Waals surface area (Å²) in [5.74, 6) is 1.48. The maximum atomic E-state index is 12.1. The molecule has 0 aliphatic heterocycles. The zero-order chi connectivity index (χ0) is 23.1. The third kappa shape index (κ3) is 5.90. The molecule has 0 saturated heterocycles. The number of rotatable bonds is 8. The monoisotopic (exact) mass is 438 g/mol. The van der Waals surface area contributed by atoms with E-state index in [1.807, 2.05) is 14.8 Å². The molecular formula is C22H31BN6O3. The predicted octanol–water partition coefficient (Wildman–Crippen LogP) is 1.10. The summed E-state index contributed by atoms with van der Waals surface area (Å²) in [6, 6.07) is 5.37. The lowest BCUT2D eigenvalue weighted by Crippen LogP contribution is -2.48. The van der Waals surface area contributed by atoms with Gasteiger partial charge >= 0.3 is 0 Å². The Hall–Kier alpha value is -3.30. The van der Waals surface area contributed by atoms with Gasteiger partial charge in [-0.3, -0.25) is 9.59 Å². The lowest BCUT2D eigenvalue weighted by molar-refractivity contribution is -0.119. The molecule has 1 aromatic carbocycles. The van der Waals surface area contributed by atoms with Crippen molar-refractivity contribution < 1.29 is 14.3 Å². The Balaban J connectivity index is 1.78. The molecule has 1 aliphatic rings. The van der Waals surface area contributed by atoms with Gasteiger partial charge in [0.25, 0.3) is 5.91 Å². The topological polar surface area (TPSA) is 117 Å². The van der Waals surface area contributed by atoms with E-state index in [9.17, 15) is 9.59 Å². The Morgan fingerprint density at radius 1 is 1.22 bits per heavy atom. The fraction of sp³-hybridized carbons (Fsp3) is 0.455. The molecule has 1 aliphatic carbocycles. The number of nitrogens with one attached hydrogen (secondary N) is 4. The van der Waals surface area contributed by atoms with Crippen LogP contribution in [-0.4, -0.2) is 55.4 Å². The van der Waals surface area contributed by atoms with Gasteiger partial charge in [0.1, 0.15) is 19.4 Å². The molecule has 0 spiro atoms. The normalized spacial score (nSPS) is 17.8. The van der Waals surface area contributed by atoms with Crippen LogP contribution in [-0.2, 0) is 4.79 Å². The van der Waals surface area contributed by atoms with Crippen LogP contribution in [0.3, 0.4) is 0 Å². The molecule has 0 bridgehead atoms. The SMILES string of the molecule is Bc1cnc(Nc2ccc(C(=O)NCC)cc2OC)nc1N[C@@H]1CCCC[C@H]1NC(C)=O. The summed E-state index contributed by atoms with van der Waals surface area (Å²) in [5.41, 5.74) is 2.09. The molecule has 9 nitrogen and oxygen atoms in total. The lowest BCUT2D eigenvalue weighted by Gasteiger charge is -2.33. The first kappa shape index (κ1) is 23.4. The molecule has 1 heterocycles. The fourth-order valence-electron chi connectivity index (χ4n) is 3.88. The molecule has 1 fully saturated rings. The largest absolute Gasteiger partial charge is 0.495 e. The Labute approximate surface area is 189 Å². The van der Waals surface area contributed by atoms with E-state index in [0.717, 1.165) is 37.0 Å². The quantitative estimate of drug-likeness (QED) is 0.456. The van der Waals surface area contributed by atoms with Crippen molar-refractivity contribution in [2.75, 3.05) is 24.3 Å². The van der Waals surface area contributed by atoms with Gasteiger partial charge in [-0.15, -0.1) is 0 Å². The Morgan fingerprint density at radius 3 is 2.66 bits per heavy atom. The number of hydrogen-bond acceptors (Lipinski definition) is 7. The van der Waals surface area contributed by atoms with Crippen molar-refractivity contribution >= 4 is 42.6 Å². The summed E-state index contributed by atoms with van der Waals surface area (Å²) < 4.78 is 5.46. The van der Waals surface area contributed by atoms with Crippen LogP contribution in [0.25, 0.3) is 0 Å². The van der Waals surface area contributed by atoms with E-state index in [1.165, 1.54) is 0 Å². The molecule has 0 radical (unpaired) electrons. The molecule has 0 unspecified atom stereocenters. The number of carbonyl (C=O) groups excluding carboxylic acids is 2. The number of methoxy groups -OCH3 is 1. The number of nitrogens with zero attached hydrogens (tertiary/aromatic N) is 2. The first-order valence-corrected chi connectivity index (χ1v) is 11.0. The van der Waals surface area contributed by atoms with E-state index in [1.54, 1.807) is 38.4 Å². The predicted molar refractivity (Wildman–Crippen MR) is 128 cm³/mol. The summed E-state index contributed by atoms with van der Waals surface area (Å²) in [6.45, 7) is 3.98. The highest BCUT2D eigenvalue weighted by Crippen LogP contribution is 2.28. The van der Waals surface area contributed by atoms with Gasteiger partial charge in [-0.2, -0.15) is 4.98 Å². The van der Waals surface area contributed by atoms with Gasteiger partial charge in [-0.1, -0.05) is 12.8 Å². The molecule has 2 aromatic rings. The van der Waals surface area contributed by atoms with Crippen LogP contribution < -0.4 is 31.5 Å². The minimum absolute atomic E-state index is 0.0198. The van der Waals surface area contributed by atoms with Gasteiger partial charge in [0.05, 0.1) is 12.8 Å². The molecule has 2 amide bonds. The smallest absolute Gasteiger partial charge is 0.251 e. The summed E-state index contributed by atoms with van der Waals surface area (Å²) in [7, 11) is 3.50. The summed E-state index contributed by atoms with van der Waals surface area (Å²) in [6.07, 6.45) is 5.88. The number of amides is 2. The van der Waals surface area contributed by atoms with Crippen molar-refractivity contribution in [2.45, 2.75) is 51.6 Å². The van der Waals surface area contributed by atoms with Gasteiger partial charge in [-0.25, -0.2) is 4.98 Å². The second kappa shape index (κ2) is 10.8. The molecular weight excluding hydrogens is 407 g/mol. The fourth-order valence-corrected chi connectivity index (χ4v) is 3.88. The molecule has 32 heavy (non-hydrogen) atoms. The average molecular weight is 438 g/mol. The molecule has 4 N–H and O–H groups in total. The lowest BCUT2D eigenvalue weighted by atomic mass is 9.89. The maximum Gasteiger partial charge on any atom is 0.251 e. The number of anilines is 3. The van der Waals surface area contributed by atoms with E-state index in [-0.39, 0.29) is 23.9 Å². The van der Waals surface area contributed by atoms with Gasteiger partial charge in [0.2, 0.25) is 11.9 Å². The first-order valence-electron chi connectivity index (χ1n) is 11.0. The van der Waals surface area contributed by atoms with E-state index in [0.29, 0.717) is 29.5 Å².